The van der Waals surface area contributed by atoms with Crippen LogP contribution < -0.4 is 5.32 Å². The number of rotatable bonds is 13. The van der Waals surface area contributed by atoms with Gasteiger partial charge >= 0.3 is 6.09 Å². The summed E-state index contributed by atoms with van der Waals surface area (Å²) in [6.07, 6.45) is 2.32. The molecular weight excluding hydrogens is 344 g/mol. The Bertz CT molecular complexity index is 371. The first-order chi connectivity index (χ1) is 11.6. The molecule has 0 saturated carbocycles. The average molecular weight is 377 g/mol. The number of amides is 1. The SMILES string of the molecule is CCC(C)C#CCNC(=O)OCCCCOCSSCCN(C)C. The first kappa shape index (κ1) is 23.4. The lowest BCUT2D eigenvalue weighted by Crippen LogP contribution is -2.25. The maximum Gasteiger partial charge on any atom is 0.407 e. The fourth-order valence-electron chi connectivity index (χ4n) is 1.37. The summed E-state index contributed by atoms with van der Waals surface area (Å²) in [5.41, 5.74) is 0. The van der Waals surface area contributed by atoms with Crippen molar-refractivity contribution < 1.29 is 14.3 Å². The van der Waals surface area contributed by atoms with Gasteiger partial charge in [0.25, 0.3) is 0 Å². The second kappa shape index (κ2) is 17.3. The molecule has 0 radical (unpaired) electrons. The molecule has 0 bridgehead atoms. The number of alkyl carbamates (subject to hydrolysis) is 1. The van der Waals surface area contributed by atoms with Crippen LogP contribution in [0.5, 0.6) is 0 Å². The van der Waals surface area contributed by atoms with Crippen molar-refractivity contribution in [3.05, 3.63) is 0 Å². The van der Waals surface area contributed by atoms with Gasteiger partial charge in [0.2, 0.25) is 0 Å². The molecule has 0 aliphatic carbocycles. The molecule has 1 unspecified atom stereocenters. The Labute approximate surface area is 155 Å². The van der Waals surface area contributed by atoms with Crippen molar-refractivity contribution in [3.8, 4) is 11.8 Å². The lowest BCUT2D eigenvalue weighted by molar-refractivity contribution is 0.134. The van der Waals surface area contributed by atoms with E-state index >= 15 is 0 Å². The molecule has 0 rings (SSSR count). The number of unbranched alkanes of at least 4 members (excludes halogenated alkanes) is 1. The topological polar surface area (TPSA) is 50.8 Å². The summed E-state index contributed by atoms with van der Waals surface area (Å²) in [4.78, 5) is 13.6. The van der Waals surface area contributed by atoms with E-state index in [9.17, 15) is 4.79 Å². The van der Waals surface area contributed by atoms with E-state index in [1.54, 1.807) is 10.8 Å². The maximum atomic E-state index is 11.4. The molecule has 0 aromatic heterocycles. The van der Waals surface area contributed by atoms with Crippen molar-refractivity contribution in [2.75, 3.05) is 52.1 Å². The van der Waals surface area contributed by atoms with Crippen LogP contribution in [0.3, 0.4) is 0 Å². The highest BCUT2D eigenvalue weighted by atomic mass is 33.1. The molecule has 0 aromatic carbocycles. The summed E-state index contributed by atoms with van der Waals surface area (Å²) in [5, 5.41) is 2.63. The number of hydrogen-bond acceptors (Lipinski definition) is 6. The normalized spacial score (nSPS) is 11.7. The fraction of sp³-hybridized carbons (Fsp3) is 0.824. The van der Waals surface area contributed by atoms with Crippen LogP contribution in [0.1, 0.15) is 33.1 Å². The van der Waals surface area contributed by atoms with E-state index in [4.69, 9.17) is 9.47 Å². The quantitative estimate of drug-likeness (QED) is 0.230. The smallest absolute Gasteiger partial charge is 0.407 e. The molecule has 0 spiro atoms. The first-order valence-corrected chi connectivity index (χ1v) is 10.9. The van der Waals surface area contributed by atoms with E-state index in [1.165, 1.54) is 0 Å². The number of ether oxygens (including phenoxy) is 2. The van der Waals surface area contributed by atoms with Gasteiger partial charge in [0.15, 0.2) is 0 Å². The molecular formula is C17H32N2O3S2. The lowest BCUT2D eigenvalue weighted by Gasteiger charge is -2.08. The molecule has 7 heteroatoms. The fourth-order valence-corrected chi connectivity index (χ4v) is 3.17. The van der Waals surface area contributed by atoms with Crippen LogP contribution in [-0.2, 0) is 9.47 Å². The Morgan fingerprint density at radius 3 is 2.71 bits per heavy atom. The minimum absolute atomic E-state index is 0.342. The molecule has 1 N–H and O–H groups in total. The van der Waals surface area contributed by atoms with Crippen LogP contribution in [0.15, 0.2) is 0 Å². The first-order valence-electron chi connectivity index (χ1n) is 8.42. The van der Waals surface area contributed by atoms with Gasteiger partial charge in [-0.3, -0.25) is 0 Å². The van der Waals surface area contributed by atoms with Crippen LogP contribution in [0.2, 0.25) is 0 Å². The average Bonchev–Trinajstić information content (AvgIpc) is 2.56. The van der Waals surface area contributed by atoms with Crippen LogP contribution in [0.25, 0.3) is 0 Å². The van der Waals surface area contributed by atoms with Crippen molar-refractivity contribution >= 4 is 27.7 Å². The number of carbonyl (C=O) groups excluding carboxylic acids is 1. The largest absolute Gasteiger partial charge is 0.450 e. The van der Waals surface area contributed by atoms with E-state index in [0.29, 0.717) is 31.6 Å². The lowest BCUT2D eigenvalue weighted by atomic mass is 10.1. The zero-order valence-electron chi connectivity index (χ0n) is 15.4. The van der Waals surface area contributed by atoms with Gasteiger partial charge in [-0.05, 0) is 33.4 Å². The number of carbonyl (C=O) groups is 1. The summed E-state index contributed by atoms with van der Waals surface area (Å²) >= 11 is 0. The Hall–Kier alpha value is -0.550. The summed E-state index contributed by atoms with van der Waals surface area (Å²) in [5.74, 6) is 8.16. The minimum Gasteiger partial charge on any atom is -0.450 e. The Morgan fingerprint density at radius 1 is 1.25 bits per heavy atom. The highest BCUT2D eigenvalue weighted by Crippen LogP contribution is 2.20. The monoisotopic (exact) mass is 376 g/mol. The molecule has 5 nitrogen and oxygen atoms in total. The zero-order valence-corrected chi connectivity index (χ0v) is 17.1. The zero-order chi connectivity index (χ0) is 18.0. The molecule has 0 saturated heterocycles. The standard InChI is InChI=1S/C17H32N2O3S2/c1-5-16(2)9-8-10-18-17(20)22-13-7-6-12-21-15-24-23-14-11-19(3)4/h16H,5-7,10-15H2,1-4H3,(H,18,20). The van der Waals surface area contributed by atoms with Gasteiger partial charge in [-0.15, -0.1) is 0 Å². The van der Waals surface area contributed by atoms with Crippen molar-refractivity contribution in [1.29, 1.82) is 0 Å². The van der Waals surface area contributed by atoms with Crippen LogP contribution in [-0.4, -0.2) is 63.1 Å². The second-order valence-electron chi connectivity index (χ2n) is 5.60. The van der Waals surface area contributed by atoms with Gasteiger partial charge in [0, 0.05) is 24.8 Å². The van der Waals surface area contributed by atoms with Gasteiger partial charge in [0.1, 0.15) is 5.94 Å². The maximum absolute atomic E-state index is 11.4. The third-order valence-corrected chi connectivity index (χ3v) is 5.10. The summed E-state index contributed by atoms with van der Waals surface area (Å²) < 4.78 is 10.6. The van der Waals surface area contributed by atoms with E-state index in [2.05, 4.69) is 50.0 Å². The molecule has 0 fully saturated rings. The van der Waals surface area contributed by atoms with Crippen molar-refractivity contribution in [3.63, 3.8) is 0 Å². The number of nitrogens with zero attached hydrogens (tertiary/aromatic N) is 1. The molecule has 24 heavy (non-hydrogen) atoms. The van der Waals surface area contributed by atoms with E-state index in [-0.39, 0.29) is 0 Å². The van der Waals surface area contributed by atoms with Crippen LogP contribution in [0.4, 0.5) is 4.79 Å². The highest BCUT2D eigenvalue weighted by Gasteiger charge is 1.99. The highest BCUT2D eigenvalue weighted by molar-refractivity contribution is 8.76. The third kappa shape index (κ3) is 17.8. The van der Waals surface area contributed by atoms with Crippen molar-refractivity contribution in [2.24, 2.45) is 5.92 Å². The third-order valence-electron chi connectivity index (χ3n) is 3.03. The van der Waals surface area contributed by atoms with Gasteiger partial charge in [-0.25, -0.2) is 4.79 Å². The predicted molar refractivity (Wildman–Crippen MR) is 105 cm³/mol. The molecule has 1 amide bonds. The van der Waals surface area contributed by atoms with Gasteiger partial charge in [-0.2, -0.15) is 0 Å². The Balaban J connectivity index is 3.29. The van der Waals surface area contributed by atoms with E-state index < -0.39 is 6.09 Å². The van der Waals surface area contributed by atoms with E-state index in [0.717, 1.165) is 31.6 Å². The number of hydrogen-bond donors (Lipinski definition) is 1. The molecule has 140 valence electrons. The van der Waals surface area contributed by atoms with Crippen molar-refractivity contribution in [2.45, 2.75) is 33.1 Å². The summed E-state index contributed by atoms with van der Waals surface area (Å²) in [6, 6.07) is 0. The molecule has 0 aliphatic heterocycles. The van der Waals surface area contributed by atoms with Gasteiger partial charge in [0.05, 0.1) is 13.2 Å². The summed E-state index contributed by atoms with van der Waals surface area (Å²) in [6.45, 7) is 6.70. The van der Waals surface area contributed by atoms with Crippen LogP contribution in [0, 0.1) is 17.8 Å². The minimum atomic E-state index is -0.401. The Kier molecular flexibility index (Phi) is 16.9. The molecule has 0 aromatic rings. The molecule has 0 heterocycles. The van der Waals surface area contributed by atoms with Crippen LogP contribution >= 0.6 is 21.6 Å². The molecule has 0 aliphatic rings. The Morgan fingerprint density at radius 2 is 2.00 bits per heavy atom. The van der Waals surface area contributed by atoms with E-state index in [1.807, 2.05) is 10.8 Å². The second-order valence-corrected chi connectivity index (χ2v) is 8.13. The number of nitrogens with one attached hydrogen (secondary N) is 1. The van der Waals surface area contributed by atoms with Crippen molar-refractivity contribution in [1.82, 2.24) is 10.2 Å². The van der Waals surface area contributed by atoms with Gasteiger partial charge in [-0.1, -0.05) is 47.3 Å². The molecule has 1 atom stereocenters. The summed E-state index contributed by atoms with van der Waals surface area (Å²) in [7, 11) is 7.71. The van der Waals surface area contributed by atoms with Gasteiger partial charge < -0.3 is 19.7 Å². The predicted octanol–water partition coefficient (Wildman–Crippen LogP) is 3.46.